The van der Waals surface area contributed by atoms with Crippen molar-refractivity contribution in [3.05, 3.63) is 48.0 Å². The average Bonchev–Trinajstić information content (AvgIpc) is 2.36. The molecule has 0 heterocycles. The molecule has 0 aromatic heterocycles. The molecule has 0 saturated heterocycles. The summed E-state index contributed by atoms with van der Waals surface area (Å²) < 4.78 is 4.79. The number of Topliss-reactive ketones (excluding diaryl/α,β-unsaturated/α-hetero) is 1. The smallest absolute Gasteiger partial charge is 0.333 e. The van der Waals surface area contributed by atoms with Gasteiger partial charge in [0.05, 0.1) is 6.61 Å². The van der Waals surface area contributed by atoms with Gasteiger partial charge in [-0.3, -0.25) is 4.79 Å². The van der Waals surface area contributed by atoms with Gasteiger partial charge in [0.15, 0.2) is 5.78 Å². The van der Waals surface area contributed by atoms with Crippen LogP contribution in [0.25, 0.3) is 0 Å². The van der Waals surface area contributed by atoms with E-state index in [0.717, 1.165) is 0 Å². The molecule has 0 N–H and O–H groups in total. The molecule has 0 aliphatic heterocycles. The molecule has 0 aliphatic rings. The van der Waals surface area contributed by atoms with Crippen molar-refractivity contribution in [2.24, 2.45) is 0 Å². The molecular weight excluding hydrogens is 216 g/mol. The van der Waals surface area contributed by atoms with Crippen molar-refractivity contribution in [3.8, 4) is 0 Å². The molecule has 0 fully saturated rings. The fourth-order valence-corrected chi connectivity index (χ4v) is 1.37. The molecular formula is C14H16O3. The van der Waals surface area contributed by atoms with Crippen LogP contribution in [0.5, 0.6) is 0 Å². The van der Waals surface area contributed by atoms with E-state index in [4.69, 9.17) is 4.74 Å². The SMILES string of the molecule is C=C(CCC(=O)c1ccccc1)C(=O)OCC. The van der Waals surface area contributed by atoms with Crippen LogP contribution >= 0.6 is 0 Å². The van der Waals surface area contributed by atoms with Crippen LogP contribution in [0.15, 0.2) is 42.5 Å². The predicted octanol–water partition coefficient (Wildman–Crippen LogP) is 2.77. The van der Waals surface area contributed by atoms with Crippen LogP contribution in [0.2, 0.25) is 0 Å². The normalized spacial score (nSPS) is 9.71. The fourth-order valence-electron chi connectivity index (χ4n) is 1.37. The molecule has 1 rings (SSSR count). The van der Waals surface area contributed by atoms with Crippen LogP contribution in [0.4, 0.5) is 0 Å². The molecule has 3 heteroatoms. The maximum atomic E-state index is 11.7. The summed E-state index contributed by atoms with van der Waals surface area (Å²) in [5, 5.41) is 0. The highest BCUT2D eigenvalue weighted by molar-refractivity contribution is 5.97. The standard InChI is InChI=1S/C14H16O3/c1-3-17-14(16)11(2)9-10-13(15)12-7-5-4-6-8-12/h4-8H,2-3,9-10H2,1H3. The van der Waals surface area contributed by atoms with Gasteiger partial charge in [0.1, 0.15) is 0 Å². The third-order valence-corrected chi connectivity index (χ3v) is 2.31. The number of benzene rings is 1. The van der Waals surface area contributed by atoms with Gasteiger partial charge in [-0.2, -0.15) is 0 Å². The topological polar surface area (TPSA) is 43.4 Å². The number of esters is 1. The van der Waals surface area contributed by atoms with E-state index < -0.39 is 5.97 Å². The van der Waals surface area contributed by atoms with E-state index >= 15 is 0 Å². The Kier molecular flexibility index (Phi) is 5.14. The van der Waals surface area contributed by atoms with Gasteiger partial charge in [-0.05, 0) is 13.3 Å². The summed E-state index contributed by atoms with van der Waals surface area (Å²) in [5.74, 6) is -0.413. The monoisotopic (exact) mass is 232 g/mol. The van der Waals surface area contributed by atoms with Gasteiger partial charge in [-0.15, -0.1) is 0 Å². The van der Waals surface area contributed by atoms with Crippen molar-refractivity contribution >= 4 is 11.8 Å². The molecule has 0 unspecified atom stereocenters. The van der Waals surface area contributed by atoms with Crippen LogP contribution in [-0.4, -0.2) is 18.4 Å². The maximum Gasteiger partial charge on any atom is 0.333 e. The van der Waals surface area contributed by atoms with Gasteiger partial charge in [0, 0.05) is 17.6 Å². The minimum absolute atomic E-state index is 0.0102. The molecule has 1 aromatic carbocycles. The third kappa shape index (κ3) is 4.23. The number of carbonyl (C=O) groups is 2. The Labute approximate surface area is 101 Å². The van der Waals surface area contributed by atoms with Gasteiger partial charge in [-0.1, -0.05) is 36.9 Å². The van der Waals surface area contributed by atoms with Crippen molar-refractivity contribution in [1.82, 2.24) is 0 Å². The Morgan fingerprint density at radius 1 is 1.18 bits per heavy atom. The summed E-state index contributed by atoms with van der Waals surface area (Å²) in [5.41, 5.74) is 1.00. The molecule has 0 amide bonds. The van der Waals surface area contributed by atoms with Crippen LogP contribution in [0, 0.1) is 0 Å². The highest BCUT2D eigenvalue weighted by Gasteiger charge is 2.11. The molecule has 3 nitrogen and oxygen atoms in total. The van der Waals surface area contributed by atoms with Crippen LogP contribution in [0.1, 0.15) is 30.1 Å². The minimum Gasteiger partial charge on any atom is -0.463 e. The third-order valence-electron chi connectivity index (χ3n) is 2.31. The van der Waals surface area contributed by atoms with Gasteiger partial charge < -0.3 is 4.74 Å². The summed E-state index contributed by atoms with van der Waals surface area (Å²) in [6.45, 7) is 5.67. The lowest BCUT2D eigenvalue weighted by atomic mass is 10.0. The Morgan fingerprint density at radius 3 is 2.41 bits per heavy atom. The van der Waals surface area contributed by atoms with Crippen LogP contribution in [0.3, 0.4) is 0 Å². The summed E-state index contributed by atoms with van der Waals surface area (Å²) in [6, 6.07) is 9.00. The first-order valence-corrected chi connectivity index (χ1v) is 5.58. The molecule has 0 spiro atoms. The van der Waals surface area contributed by atoms with Crippen LogP contribution in [-0.2, 0) is 9.53 Å². The van der Waals surface area contributed by atoms with Gasteiger partial charge in [0.2, 0.25) is 0 Å². The van der Waals surface area contributed by atoms with Crippen molar-refractivity contribution in [2.75, 3.05) is 6.61 Å². The lowest BCUT2D eigenvalue weighted by molar-refractivity contribution is -0.138. The number of rotatable bonds is 6. The second-order valence-corrected chi connectivity index (χ2v) is 3.61. The molecule has 0 saturated carbocycles. The molecule has 0 aliphatic carbocycles. The Morgan fingerprint density at radius 2 is 1.82 bits per heavy atom. The first-order valence-electron chi connectivity index (χ1n) is 5.58. The Balaban J connectivity index is 2.44. The van der Waals surface area contributed by atoms with E-state index in [0.29, 0.717) is 24.2 Å². The van der Waals surface area contributed by atoms with Crippen molar-refractivity contribution < 1.29 is 14.3 Å². The summed E-state index contributed by atoms with van der Waals surface area (Å²) in [4.78, 5) is 23.0. The molecule has 0 radical (unpaired) electrons. The number of hydrogen-bond acceptors (Lipinski definition) is 3. The first kappa shape index (κ1) is 13.2. The average molecular weight is 232 g/mol. The maximum absolute atomic E-state index is 11.7. The second kappa shape index (κ2) is 6.63. The zero-order chi connectivity index (χ0) is 12.7. The Bertz CT molecular complexity index is 407. The lowest BCUT2D eigenvalue weighted by Gasteiger charge is -2.04. The molecule has 90 valence electrons. The van der Waals surface area contributed by atoms with E-state index in [1.165, 1.54) is 0 Å². The Hall–Kier alpha value is -1.90. The van der Waals surface area contributed by atoms with Crippen molar-refractivity contribution in [2.45, 2.75) is 19.8 Å². The number of carbonyl (C=O) groups excluding carboxylic acids is 2. The summed E-state index contributed by atoms with van der Waals surface area (Å²) >= 11 is 0. The van der Waals surface area contributed by atoms with E-state index in [-0.39, 0.29) is 12.2 Å². The largest absolute Gasteiger partial charge is 0.463 e. The van der Waals surface area contributed by atoms with Crippen molar-refractivity contribution in [3.63, 3.8) is 0 Å². The van der Waals surface area contributed by atoms with E-state index in [1.807, 2.05) is 18.2 Å². The second-order valence-electron chi connectivity index (χ2n) is 3.61. The molecule has 1 aromatic rings. The number of ketones is 1. The number of hydrogen-bond donors (Lipinski definition) is 0. The quantitative estimate of drug-likeness (QED) is 0.430. The molecule has 0 bridgehead atoms. The van der Waals surface area contributed by atoms with E-state index in [1.54, 1.807) is 19.1 Å². The van der Waals surface area contributed by atoms with Crippen LogP contribution < -0.4 is 0 Å². The highest BCUT2D eigenvalue weighted by Crippen LogP contribution is 2.10. The fraction of sp³-hybridized carbons (Fsp3) is 0.286. The molecule has 17 heavy (non-hydrogen) atoms. The summed E-state index contributed by atoms with van der Waals surface area (Å²) in [6.07, 6.45) is 0.619. The van der Waals surface area contributed by atoms with E-state index in [9.17, 15) is 9.59 Å². The van der Waals surface area contributed by atoms with Gasteiger partial charge >= 0.3 is 5.97 Å². The predicted molar refractivity (Wildman–Crippen MR) is 65.8 cm³/mol. The number of ether oxygens (including phenoxy) is 1. The summed E-state index contributed by atoms with van der Waals surface area (Å²) in [7, 11) is 0. The van der Waals surface area contributed by atoms with Gasteiger partial charge in [0.25, 0.3) is 0 Å². The lowest BCUT2D eigenvalue weighted by Crippen LogP contribution is -2.08. The first-order chi connectivity index (χ1) is 8.15. The van der Waals surface area contributed by atoms with E-state index in [2.05, 4.69) is 6.58 Å². The zero-order valence-electron chi connectivity index (χ0n) is 9.94. The molecule has 0 atom stereocenters. The highest BCUT2D eigenvalue weighted by atomic mass is 16.5. The zero-order valence-corrected chi connectivity index (χ0v) is 9.94. The van der Waals surface area contributed by atoms with Gasteiger partial charge in [-0.25, -0.2) is 4.79 Å². The van der Waals surface area contributed by atoms with Crippen molar-refractivity contribution in [1.29, 1.82) is 0 Å². The minimum atomic E-state index is -0.423.